The van der Waals surface area contributed by atoms with E-state index in [0.717, 1.165) is 5.56 Å². The van der Waals surface area contributed by atoms with Gasteiger partial charge < -0.3 is 5.21 Å². The number of nitrogens with two attached hydrogens (primary N) is 1. The summed E-state index contributed by atoms with van der Waals surface area (Å²) in [6.45, 7) is 1.75. The highest BCUT2D eigenvalue weighted by Crippen LogP contribution is 2.14. The molecule has 25 heavy (non-hydrogen) atoms. The molecule has 0 saturated heterocycles. The summed E-state index contributed by atoms with van der Waals surface area (Å²) < 4.78 is 41.8. The molecule has 0 fully saturated rings. The zero-order valence-electron chi connectivity index (χ0n) is 13.4. The number of aromatic nitrogens is 2. The third-order valence-corrected chi connectivity index (χ3v) is 4.04. The molecule has 0 spiro atoms. The number of rotatable bonds is 8. The molecule has 1 heterocycles. The topological polar surface area (TPSA) is 144 Å². The largest absolute Gasteiger partial charge is 0.411 e. The van der Waals surface area contributed by atoms with E-state index < -0.39 is 10.2 Å². The summed E-state index contributed by atoms with van der Waals surface area (Å²) in [7, 11) is -3.75. The first-order chi connectivity index (χ1) is 11.8. The average molecular weight is 371 g/mol. The molecule has 136 valence electrons. The van der Waals surface area contributed by atoms with Crippen molar-refractivity contribution < 1.29 is 22.6 Å². The highest BCUT2D eigenvalue weighted by molar-refractivity contribution is 7.87. The van der Waals surface area contributed by atoms with Crippen LogP contribution >= 0.6 is 0 Å². The van der Waals surface area contributed by atoms with Crippen LogP contribution in [0.5, 0.6) is 0 Å². The number of hydrogen-bond donors (Lipinski definition) is 3. The van der Waals surface area contributed by atoms with Gasteiger partial charge in [-0.25, -0.2) is 18.9 Å². The van der Waals surface area contributed by atoms with Crippen molar-refractivity contribution in [3.05, 3.63) is 46.5 Å². The summed E-state index contributed by atoms with van der Waals surface area (Å²) in [6.07, 6.45) is 0.934. The first kappa shape index (κ1) is 19.0. The van der Waals surface area contributed by atoms with Gasteiger partial charge in [-0.3, -0.25) is 0 Å². The Morgan fingerprint density at radius 3 is 2.84 bits per heavy atom. The van der Waals surface area contributed by atoms with E-state index in [2.05, 4.69) is 20.2 Å². The highest BCUT2D eigenvalue weighted by Gasteiger charge is 2.18. The van der Waals surface area contributed by atoms with Crippen LogP contribution in [-0.2, 0) is 23.1 Å². The lowest BCUT2D eigenvalue weighted by Crippen LogP contribution is -2.31. The summed E-state index contributed by atoms with van der Waals surface area (Å²) in [6, 6.07) is 4.56. The standard InChI is InChI=1S/C14H18FN5O4S/c1-9-7-10(4-5-11(9)15)8-13(18-21)14-12(19-24-20-14)3-2-6-17-25(16,22)23/h4-5,7,17,21H,2-3,6,8H2,1H3,(H2,16,22,23)/b18-13+. The molecule has 0 aliphatic carbocycles. The average Bonchev–Trinajstić information content (AvgIpc) is 3.00. The molecule has 9 nitrogen and oxygen atoms in total. The van der Waals surface area contributed by atoms with E-state index >= 15 is 0 Å². The van der Waals surface area contributed by atoms with Gasteiger partial charge in [0.05, 0.1) is 0 Å². The van der Waals surface area contributed by atoms with Gasteiger partial charge in [-0.1, -0.05) is 22.4 Å². The van der Waals surface area contributed by atoms with Crippen LogP contribution in [-0.4, -0.2) is 36.2 Å². The van der Waals surface area contributed by atoms with Crippen LogP contribution in [0.1, 0.15) is 28.9 Å². The molecule has 0 aliphatic rings. The molecule has 1 aromatic carbocycles. The monoisotopic (exact) mass is 371 g/mol. The Bertz CT molecular complexity index is 866. The number of hydrogen-bond acceptors (Lipinski definition) is 7. The minimum Gasteiger partial charge on any atom is -0.411 e. The Labute approximate surface area is 143 Å². The number of oxime groups is 1. The Kier molecular flexibility index (Phi) is 6.17. The number of benzene rings is 1. The van der Waals surface area contributed by atoms with Crippen LogP contribution in [0.15, 0.2) is 28.0 Å². The summed E-state index contributed by atoms with van der Waals surface area (Å²) in [5.41, 5.74) is 2.10. The van der Waals surface area contributed by atoms with Gasteiger partial charge in [0.2, 0.25) is 0 Å². The fraction of sp³-hybridized carbons (Fsp3) is 0.357. The molecule has 11 heteroatoms. The SMILES string of the molecule is Cc1cc(C/C(=N\O)c2nonc2CCCNS(N)(=O)=O)ccc1F. The molecular formula is C14H18FN5O4S. The van der Waals surface area contributed by atoms with Crippen molar-refractivity contribution in [2.75, 3.05) is 6.54 Å². The predicted octanol–water partition coefficient (Wildman–Crippen LogP) is 0.664. The van der Waals surface area contributed by atoms with Crippen LogP contribution in [0.3, 0.4) is 0 Å². The lowest BCUT2D eigenvalue weighted by atomic mass is 10.0. The lowest BCUT2D eigenvalue weighted by molar-refractivity contribution is 0.300. The molecule has 2 rings (SSSR count). The zero-order valence-corrected chi connectivity index (χ0v) is 14.3. The second kappa shape index (κ2) is 8.14. The van der Waals surface area contributed by atoms with E-state index in [1.54, 1.807) is 19.1 Å². The summed E-state index contributed by atoms with van der Waals surface area (Å²) in [5.74, 6) is -0.322. The van der Waals surface area contributed by atoms with E-state index in [1.165, 1.54) is 6.07 Å². The Hall–Kier alpha value is -2.37. The number of halogens is 1. The smallest absolute Gasteiger partial charge is 0.274 e. The van der Waals surface area contributed by atoms with Crippen molar-refractivity contribution in [3.63, 3.8) is 0 Å². The highest BCUT2D eigenvalue weighted by atomic mass is 32.2. The molecule has 0 saturated carbocycles. The fourth-order valence-electron chi connectivity index (χ4n) is 2.24. The second-order valence-electron chi connectivity index (χ2n) is 5.41. The molecule has 0 amide bonds. The van der Waals surface area contributed by atoms with Gasteiger partial charge in [0.15, 0.2) is 5.69 Å². The predicted molar refractivity (Wildman–Crippen MR) is 86.9 cm³/mol. The minimum absolute atomic E-state index is 0.119. The van der Waals surface area contributed by atoms with Gasteiger partial charge in [0.25, 0.3) is 10.2 Å². The summed E-state index contributed by atoms with van der Waals surface area (Å²) in [5, 5.41) is 24.8. The molecule has 4 N–H and O–H groups in total. The van der Waals surface area contributed by atoms with Gasteiger partial charge in [-0.2, -0.15) is 8.42 Å². The lowest BCUT2D eigenvalue weighted by Gasteiger charge is -2.05. The van der Waals surface area contributed by atoms with Crippen LogP contribution in [0.4, 0.5) is 4.39 Å². The van der Waals surface area contributed by atoms with Crippen molar-refractivity contribution in [1.82, 2.24) is 15.0 Å². The van der Waals surface area contributed by atoms with Gasteiger partial charge >= 0.3 is 0 Å². The first-order valence-corrected chi connectivity index (χ1v) is 8.90. The quantitative estimate of drug-likeness (QED) is 0.269. The van der Waals surface area contributed by atoms with Gasteiger partial charge in [0, 0.05) is 13.0 Å². The van der Waals surface area contributed by atoms with Crippen molar-refractivity contribution in [2.24, 2.45) is 10.3 Å². The molecule has 0 unspecified atom stereocenters. The molecule has 0 atom stereocenters. The minimum atomic E-state index is -3.75. The van der Waals surface area contributed by atoms with Crippen LogP contribution < -0.4 is 9.86 Å². The van der Waals surface area contributed by atoms with Gasteiger partial charge in [0.1, 0.15) is 17.2 Å². The van der Waals surface area contributed by atoms with Gasteiger partial charge in [-0.15, -0.1) is 0 Å². The maximum Gasteiger partial charge on any atom is 0.274 e. The van der Waals surface area contributed by atoms with Crippen molar-refractivity contribution >= 4 is 15.9 Å². The van der Waals surface area contributed by atoms with E-state index in [1.807, 2.05) is 0 Å². The van der Waals surface area contributed by atoms with Crippen LogP contribution in [0.2, 0.25) is 0 Å². The maximum atomic E-state index is 13.3. The molecule has 1 aromatic heterocycles. The number of nitrogens with one attached hydrogen (secondary N) is 1. The van der Waals surface area contributed by atoms with E-state index in [0.29, 0.717) is 24.1 Å². The third kappa shape index (κ3) is 5.59. The zero-order chi connectivity index (χ0) is 18.4. The Morgan fingerprint density at radius 1 is 1.44 bits per heavy atom. The number of aryl methyl sites for hydroxylation is 2. The molecule has 2 aromatic rings. The van der Waals surface area contributed by atoms with E-state index in [9.17, 15) is 18.0 Å². The van der Waals surface area contributed by atoms with Gasteiger partial charge in [-0.05, 0) is 42.1 Å². The second-order valence-corrected chi connectivity index (χ2v) is 6.79. The molecule has 0 radical (unpaired) electrons. The van der Waals surface area contributed by atoms with Crippen molar-refractivity contribution in [3.8, 4) is 0 Å². The van der Waals surface area contributed by atoms with Crippen LogP contribution in [0, 0.1) is 12.7 Å². The Balaban J connectivity index is 2.06. The van der Waals surface area contributed by atoms with Crippen molar-refractivity contribution in [1.29, 1.82) is 0 Å². The van der Waals surface area contributed by atoms with Crippen molar-refractivity contribution in [2.45, 2.75) is 26.2 Å². The number of nitrogens with zero attached hydrogens (tertiary/aromatic N) is 3. The maximum absolute atomic E-state index is 13.3. The molecule has 0 aliphatic heterocycles. The molecule has 0 bridgehead atoms. The van der Waals surface area contributed by atoms with Crippen LogP contribution in [0.25, 0.3) is 0 Å². The fourth-order valence-corrected chi connectivity index (χ4v) is 2.67. The Morgan fingerprint density at radius 2 is 2.20 bits per heavy atom. The third-order valence-electron chi connectivity index (χ3n) is 3.44. The summed E-state index contributed by atoms with van der Waals surface area (Å²) in [4.78, 5) is 0. The van der Waals surface area contributed by atoms with E-state index in [4.69, 9.17) is 9.77 Å². The van der Waals surface area contributed by atoms with E-state index in [-0.39, 0.29) is 30.2 Å². The first-order valence-electron chi connectivity index (χ1n) is 7.35. The molecular weight excluding hydrogens is 353 g/mol. The normalized spacial score (nSPS) is 12.5. The summed E-state index contributed by atoms with van der Waals surface area (Å²) >= 11 is 0.